The molecule has 0 fully saturated rings. The first-order chi connectivity index (χ1) is 14.2. The molecule has 2 N–H and O–H groups in total. The molecular formula is C21H27N3O6. The van der Waals surface area contributed by atoms with Gasteiger partial charge in [-0.1, -0.05) is 32.9 Å². The highest BCUT2D eigenvalue weighted by Gasteiger charge is 2.44. The van der Waals surface area contributed by atoms with Gasteiger partial charge < -0.3 is 15.4 Å². The van der Waals surface area contributed by atoms with Crippen molar-refractivity contribution < 1.29 is 28.7 Å². The van der Waals surface area contributed by atoms with Crippen LogP contribution in [-0.2, 0) is 19.1 Å². The molecule has 0 saturated heterocycles. The van der Waals surface area contributed by atoms with Crippen molar-refractivity contribution in [3.8, 4) is 0 Å². The number of carbonyl (C=O) groups excluding carboxylic acids is 5. The fourth-order valence-corrected chi connectivity index (χ4v) is 3.11. The van der Waals surface area contributed by atoms with Crippen molar-refractivity contribution in [2.45, 2.75) is 46.2 Å². The predicted octanol–water partition coefficient (Wildman–Crippen LogP) is 0.881. The Morgan fingerprint density at radius 2 is 1.60 bits per heavy atom. The normalized spacial score (nSPS) is 14.9. The lowest BCUT2D eigenvalue weighted by Crippen LogP contribution is -2.50. The first-order valence-electron chi connectivity index (χ1n) is 9.89. The van der Waals surface area contributed by atoms with Crippen LogP contribution in [0.3, 0.4) is 0 Å². The molecule has 0 saturated carbocycles. The SMILES string of the molecule is CCCNC(=O)[C@H](C)NC(=O)COC(=O)[C@@H](C(C)C)N1C(=O)c2ccccc2C1=O. The summed E-state index contributed by atoms with van der Waals surface area (Å²) in [4.78, 5) is 62.7. The van der Waals surface area contributed by atoms with E-state index in [2.05, 4.69) is 10.6 Å². The summed E-state index contributed by atoms with van der Waals surface area (Å²) >= 11 is 0. The molecule has 0 aliphatic carbocycles. The lowest BCUT2D eigenvalue weighted by atomic mass is 10.0. The number of nitrogens with zero attached hydrogens (tertiary/aromatic N) is 1. The van der Waals surface area contributed by atoms with E-state index < -0.39 is 48.3 Å². The number of hydrogen-bond donors (Lipinski definition) is 2. The molecule has 1 aliphatic heterocycles. The Kier molecular flexibility index (Phi) is 7.68. The number of esters is 1. The van der Waals surface area contributed by atoms with Crippen molar-refractivity contribution in [3.05, 3.63) is 35.4 Å². The summed E-state index contributed by atoms with van der Waals surface area (Å²) in [5, 5.41) is 5.09. The van der Waals surface area contributed by atoms with E-state index in [0.29, 0.717) is 6.54 Å². The van der Waals surface area contributed by atoms with Crippen LogP contribution in [0.15, 0.2) is 24.3 Å². The number of ether oxygens (including phenoxy) is 1. The number of benzene rings is 1. The van der Waals surface area contributed by atoms with Crippen LogP contribution in [0.5, 0.6) is 0 Å². The molecule has 0 unspecified atom stereocenters. The molecule has 4 amide bonds. The summed E-state index contributed by atoms with van der Waals surface area (Å²) in [6, 6.07) is 4.36. The monoisotopic (exact) mass is 417 g/mol. The van der Waals surface area contributed by atoms with Crippen molar-refractivity contribution in [2.75, 3.05) is 13.2 Å². The van der Waals surface area contributed by atoms with Gasteiger partial charge in [-0.3, -0.25) is 24.1 Å². The second-order valence-electron chi connectivity index (χ2n) is 7.40. The molecule has 9 nitrogen and oxygen atoms in total. The molecule has 9 heteroatoms. The van der Waals surface area contributed by atoms with Crippen molar-refractivity contribution >= 4 is 29.6 Å². The summed E-state index contributed by atoms with van der Waals surface area (Å²) < 4.78 is 5.07. The second-order valence-corrected chi connectivity index (χ2v) is 7.40. The molecule has 1 aliphatic rings. The Balaban J connectivity index is 2.00. The van der Waals surface area contributed by atoms with Gasteiger partial charge in [-0.2, -0.15) is 0 Å². The second kappa shape index (κ2) is 10.00. The predicted molar refractivity (Wildman–Crippen MR) is 107 cm³/mol. The highest BCUT2D eigenvalue weighted by molar-refractivity contribution is 6.22. The fourth-order valence-electron chi connectivity index (χ4n) is 3.11. The summed E-state index contributed by atoms with van der Waals surface area (Å²) in [6.45, 7) is 6.63. The van der Waals surface area contributed by atoms with Crippen LogP contribution in [0.2, 0.25) is 0 Å². The Hall–Kier alpha value is -3.23. The van der Waals surface area contributed by atoms with Gasteiger partial charge in [-0.15, -0.1) is 0 Å². The zero-order valence-electron chi connectivity index (χ0n) is 17.6. The molecule has 1 heterocycles. The van der Waals surface area contributed by atoms with Gasteiger partial charge in [0.05, 0.1) is 11.1 Å². The first-order valence-corrected chi connectivity index (χ1v) is 9.89. The Labute approximate surface area is 175 Å². The third kappa shape index (κ3) is 5.03. The number of nitrogens with one attached hydrogen (secondary N) is 2. The lowest BCUT2D eigenvalue weighted by molar-refractivity contribution is -0.153. The van der Waals surface area contributed by atoms with Crippen molar-refractivity contribution in [1.29, 1.82) is 0 Å². The van der Waals surface area contributed by atoms with Gasteiger partial charge in [-0.25, -0.2) is 4.79 Å². The van der Waals surface area contributed by atoms with Crippen LogP contribution in [-0.4, -0.2) is 59.7 Å². The van der Waals surface area contributed by atoms with Crippen LogP contribution in [0.25, 0.3) is 0 Å². The Morgan fingerprint density at radius 3 is 2.10 bits per heavy atom. The minimum absolute atomic E-state index is 0.227. The number of carbonyl (C=O) groups is 5. The van der Waals surface area contributed by atoms with Crippen molar-refractivity contribution in [3.63, 3.8) is 0 Å². The average molecular weight is 417 g/mol. The summed E-state index contributed by atoms with van der Waals surface area (Å²) in [6.07, 6.45) is 0.762. The Morgan fingerprint density at radius 1 is 1.03 bits per heavy atom. The van der Waals surface area contributed by atoms with Gasteiger partial charge in [0.1, 0.15) is 12.1 Å². The fraction of sp³-hybridized carbons (Fsp3) is 0.476. The maximum Gasteiger partial charge on any atom is 0.330 e. The average Bonchev–Trinajstić information content (AvgIpc) is 2.95. The quantitative estimate of drug-likeness (QED) is 0.454. The van der Waals surface area contributed by atoms with E-state index in [1.807, 2.05) is 6.92 Å². The van der Waals surface area contributed by atoms with Crippen LogP contribution in [0.1, 0.15) is 54.8 Å². The zero-order chi connectivity index (χ0) is 22.4. The molecule has 0 aromatic heterocycles. The molecule has 0 radical (unpaired) electrons. The third-order valence-electron chi connectivity index (χ3n) is 4.64. The molecular weight excluding hydrogens is 390 g/mol. The van der Waals surface area contributed by atoms with E-state index in [4.69, 9.17) is 4.74 Å². The van der Waals surface area contributed by atoms with Crippen LogP contribution in [0.4, 0.5) is 0 Å². The summed E-state index contributed by atoms with van der Waals surface area (Å²) in [5.74, 6) is -3.44. The van der Waals surface area contributed by atoms with Crippen LogP contribution >= 0.6 is 0 Å². The highest BCUT2D eigenvalue weighted by atomic mass is 16.5. The van der Waals surface area contributed by atoms with Crippen molar-refractivity contribution in [1.82, 2.24) is 15.5 Å². The number of imide groups is 1. The highest BCUT2D eigenvalue weighted by Crippen LogP contribution is 2.27. The van der Waals surface area contributed by atoms with E-state index in [9.17, 15) is 24.0 Å². The Bertz CT molecular complexity index is 816. The number of rotatable bonds is 9. The van der Waals surface area contributed by atoms with Gasteiger partial charge in [0.2, 0.25) is 5.91 Å². The van der Waals surface area contributed by atoms with Crippen LogP contribution in [0, 0.1) is 5.92 Å². The molecule has 0 spiro atoms. The van der Waals surface area contributed by atoms with E-state index in [1.165, 1.54) is 19.1 Å². The number of hydrogen-bond acceptors (Lipinski definition) is 6. The zero-order valence-corrected chi connectivity index (χ0v) is 17.6. The summed E-state index contributed by atoms with van der Waals surface area (Å²) in [7, 11) is 0. The number of fused-ring (bicyclic) bond motifs is 1. The topological polar surface area (TPSA) is 122 Å². The van der Waals surface area contributed by atoms with Crippen molar-refractivity contribution in [2.24, 2.45) is 5.92 Å². The van der Waals surface area contributed by atoms with Gasteiger partial charge >= 0.3 is 5.97 Å². The maximum atomic E-state index is 12.7. The van der Waals surface area contributed by atoms with Gasteiger partial charge in [0.25, 0.3) is 17.7 Å². The first kappa shape index (κ1) is 23.1. The molecule has 2 rings (SSSR count). The van der Waals surface area contributed by atoms with E-state index >= 15 is 0 Å². The molecule has 0 bridgehead atoms. The van der Waals surface area contributed by atoms with Gasteiger partial charge in [0.15, 0.2) is 6.61 Å². The van der Waals surface area contributed by atoms with E-state index in [0.717, 1.165) is 11.3 Å². The van der Waals surface area contributed by atoms with E-state index in [1.54, 1.807) is 26.0 Å². The van der Waals surface area contributed by atoms with E-state index in [-0.39, 0.29) is 17.0 Å². The third-order valence-corrected chi connectivity index (χ3v) is 4.64. The molecule has 30 heavy (non-hydrogen) atoms. The van der Waals surface area contributed by atoms with Gasteiger partial charge in [-0.05, 0) is 31.4 Å². The summed E-state index contributed by atoms with van der Waals surface area (Å²) in [5.41, 5.74) is 0.455. The molecule has 162 valence electrons. The smallest absolute Gasteiger partial charge is 0.330 e. The lowest BCUT2D eigenvalue weighted by Gasteiger charge is -2.27. The molecule has 1 aromatic rings. The number of amides is 4. The minimum Gasteiger partial charge on any atom is -0.454 e. The molecule has 2 atom stereocenters. The minimum atomic E-state index is -1.17. The van der Waals surface area contributed by atoms with Crippen LogP contribution < -0.4 is 10.6 Å². The maximum absolute atomic E-state index is 12.7. The molecule has 1 aromatic carbocycles. The van der Waals surface area contributed by atoms with Gasteiger partial charge in [0, 0.05) is 6.54 Å². The standard InChI is InChI=1S/C21H27N3O6/c1-5-10-22-18(26)13(4)23-16(25)11-30-21(29)17(12(2)3)24-19(27)14-8-6-7-9-15(14)20(24)28/h6-9,12-13,17H,5,10-11H2,1-4H3,(H,22,26)(H,23,25)/t13-,17+/m0/s1. The largest absolute Gasteiger partial charge is 0.454 e.